The third kappa shape index (κ3) is 5.66. The van der Waals surface area contributed by atoms with E-state index in [1.54, 1.807) is 43.3 Å². The Labute approximate surface area is 211 Å². The highest BCUT2D eigenvalue weighted by Crippen LogP contribution is 2.35. The van der Waals surface area contributed by atoms with Gasteiger partial charge in [-0.15, -0.1) is 5.10 Å². The summed E-state index contributed by atoms with van der Waals surface area (Å²) in [5.41, 5.74) is 2.03. The van der Waals surface area contributed by atoms with Crippen LogP contribution in [0.2, 0.25) is 0 Å². The molecule has 12 heteroatoms. The molecule has 0 aliphatic rings. The number of halogens is 1. The summed E-state index contributed by atoms with van der Waals surface area (Å²) >= 11 is 1.03. The molecule has 0 fully saturated rings. The summed E-state index contributed by atoms with van der Waals surface area (Å²) in [5.74, 6) is -0.782. The topological polar surface area (TPSA) is 127 Å². The molecule has 4 rings (SSSR count). The molecule has 2 aromatic carbocycles. The van der Waals surface area contributed by atoms with Crippen LogP contribution in [0.4, 0.5) is 9.52 Å². The number of ether oxygens (including phenoxy) is 2. The van der Waals surface area contributed by atoms with Gasteiger partial charge in [0.15, 0.2) is 0 Å². The van der Waals surface area contributed by atoms with Gasteiger partial charge in [-0.3, -0.25) is 15.1 Å². The van der Waals surface area contributed by atoms with Gasteiger partial charge >= 0.3 is 0 Å². The molecular formula is C24H22FN5O4S2. The maximum atomic E-state index is 14.7. The van der Waals surface area contributed by atoms with Crippen molar-refractivity contribution in [1.82, 2.24) is 15.2 Å². The first-order valence-corrected chi connectivity index (χ1v) is 13.3. The smallest absolute Gasteiger partial charge is 0.296 e. The van der Waals surface area contributed by atoms with Crippen molar-refractivity contribution >= 4 is 32.1 Å². The zero-order chi connectivity index (χ0) is 25.9. The first-order chi connectivity index (χ1) is 17.2. The van der Waals surface area contributed by atoms with Gasteiger partial charge in [0.05, 0.1) is 28.0 Å². The summed E-state index contributed by atoms with van der Waals surface area (Å²) in [6, 6.07) is 12.7. The highest BCUT2D eigenvalue weighted by Gasteiger charge is 2.21. The highest BCUT2D eigenvalue weighted by atomic mass is 32.2. The summed E-state index contributed by atoms with van der Waals surface area (Å²) in [5, 5.41) is 11.0. The van der Waals surface area contributed by atoms with E-state index >= 15 is 0 Å². The number of amides is 1. The molecular weight excluding hydrogens is 505 g/mol. The first kappa shape index (κ1) is 25.2. The Morgan fingerprint density at radius 3 is 2.64 bits per heavy atom. The van der Waals surface area contributed by atoms with E-state index in [1.807, 2.05) is 0 Å². The van der Waals surface area contributed by atoms with Crippen molar-refractivity contribution in [3.8, 4) is 22.1 Å². The number of benzene rings is 2. The van der Waals surface area contributed by atoms with E-state index in [0.717, 1.165) is 16.9 Å². The van der Waals surface area contributed by atoms with Crippen LogP contribution in [-0.2, 0) is 16.3 Å². The van der Waals surface area contributed by atoms with Crippen LogP contribution in [0, 0.1) is 17.5 Å². The number of aryl methyl sites for hydroxylation is 1. The van der Waals surface area contributed by atoms with Crippen LogP contribution in [-0.4, -0.2) is 38.7 Å². The Morgan fingerprint density at radius 2 is 1.94 bits per heavy atom. The molecule has 1 atom stereocenters. The second-order valence-electron chi connectivity index (χ2n) is 7.79. The third-order valence-corrected chi connectivity index (χ3v) is 7.04. The number of nitrogens with zero attached hydrogens (tertiary/aromatic N) is 3. The largest absolute Gasteiger partial charge is 0.496 e. The second kappa shape index (κ2) is 10.4. The molecule has 186 valence electrons. The van der Waals surface area contributed by atoms with E-state index in [2.05, 4.69) is 20.5 Å². The normalized spacial score (nSPS) is 12.6. The standard InChI is InChI=1S/C24H22FN5O4S2/c1-14-11-17(21-19(25)5-4-6-20(21)33-2)18(12-27-14)22(31)28-23-29-30-24(35-23)34-13-15-7-9-16(10-8-15)36(3,26)32/h4-12,26H,13H2,1-3H3,(H,28,29,31). The Balaban J connectivity index is 1.50. The van der Waals surface area contributed by atoms with Gasteiger partial charge in [-0.25, -0.2) is 13.4 Å². The first-order valence-electron chi connectivity index (χ1n) is 10.6. The van der Waals surface area contributed by atoms with Crippen molar-refractivity contribution in [2.45, 2.75) is 18.4 Å². The van der Waals surface area contributed by atoms with Crippen molar-refractivity contribution < 1.29 is 22.9 Å². The van der Waals surface area contributed by atoms with Crippen molar-refractivity contribution in [2.75, 3.05) is 18.7 Å². The summed E-state index contributed by atoms with van der Waals surface area (Å²) in [6.45, 7) is 1.92. The van der Waals surface area contributed by atoms with E-state index < -0.39 is 21.5 Å². The number of rotatable bonds is 8. The molecule has 0 radical (unpaired) electrons. The van der Waals surface area contributed by atoms with Crippen LogP contribution >= 0.6 is 11.3 Å². The molecule has 4 aromatic rings. The zero-order valence-corrected chi connectivity index (χ0v) is 21.2. The molecule has 0 aliphatic heterocycles. The minimum atomic E-state index is -2.78. The summed E-state index contributed by atoms with van der Waals surface area (Å²) < 4.78 is 45.1. The number of anilines is 1. The molecule has 2 N–H and O–H groups in total. The summed E-state index contributed by atoms with van der Waals surface area (Å²) in [7, 11) is -1.35. The molecule has 2 heterocycles. The lowest BCUT2D eigenvalue weighted by atomic mass is 9.98. The number of carbonyl (C=O) groups excluding carboxylic acids is 1. The predicted molar refractivity (Wildman–Crippen MR) is 135 cm³/mol. The molecule has 1 unspecified atom stereocenters. The average molecular weight is 528 g/mol. The third-order valence-electron chi connectivity index (χ3n) is 5.11. The number of pyridine rings is 1. The maximum absolute atomic E-state index is 14.7. The quantitative estimate of drug-likeness (QED) is 0.333. The van der Waals surface area contributed by atoms with Crippen molar-refractivity contribution in [1.29, 1.82) is 4.78 Å². The lowest BCUT2D eigenvalue weighted by Gasteiger charge is -2.14. The Morgan fingerprint density at radius 1 is 1.19 bits per heavy atom. The van der Waals surface area contributed by atoms with Crippen LogP contribution in [0.5, 0.6) is 10.9 Å². The van der Waals surface area contributed by atoms with Crippen molar-refractivity contribution in [3.05, 3.63) is 77.4 Å². The summed E-state index contributed by atoms with van der Waals surface area (Å²) in [4.78, 5) is 17.7. The second-order valence-corrected chi connectivity index (χ2v) is 10.9. The fourth-order valence-electron chi connectivity index (χ4n) is 3.36. The van der Waals surface area contributed by atoms with Crippen molar-refractivity contribution in [3.63, 3.8) is 0 Å². The number of hydrogen-bond acceptors (Lipinski definition) is 9. The predicted octanol–water partition coefficient (Wildman–Crippen LogP) is 4.92. The number of hydrogen-bond donors (Lipinski definition) is 2. The molecule has 0 aliphatic carbocycles. The SMILES string of the molecule is COc1cccc(F)c1-c1cc(C)ncc1C(=O)Nc1nnc(OCc2ccc(S(C)(=N)=O)cc2)s1. The van der Waals surface area contributed by atoms with Crippen LogP contribution in [0.25, 0.3) is 11.1 Å². The minimum absolute atomic E-state index is 0.142. The molecule has 1 amide bonds. The maximum Gasteiger partial charge on any atom is 0.296 e. The van der Waals surface area contributed by atoms with Crippen LogP contribution in [0.3, 0.4) is 0 Å². The average Bonchev–Trinajstić information content (AvgIpc) is 3.29. The molecule has 0 bridgehead atoms. The van der Waals surface area contributed by atoms with Gasteiger partial charge in [-0.2, -0.15) is 0 Å². The molecule has 0 saturated carbocycles. The lowest BCUT2D eigenvalue weighted by Crippen LogP contribution is -2.14. The van der Waals surface area contributed by atoms with Gasteiger partial charge in [-0.1, -0.05) is 23.3 Å². The van der Waals surface area contributed by atoms with Crippen LogP contribution in [0.15, 0.2) is 59.6 Å². The van der Waals surface area contributed by atoms with Gasteiger partial charge in [0.1, 0.15) is 18.2 Å². The monoisotopic (exact) mass is 527 g/mol. The van der Waals surface area contributed by atoms with E-state index in [0.29, 0.717) is 21.9 Å². The van der Waals surface area contributed by atoms with Crippen LogP contribution in [0.1, 0.15) is 21.6 Å². The van der Waals surface area contributed by atoms with E-state index in [4.69, 9.17) is 14.3 Å². The van der Waals surface area contributed by atoms with Gasteiger partial charge in [0, 0.05) is 28.6 Å². The molecule has 0 saturated heterocycles. The van der Waals surface area contributed by atoms with Crippen LogP contribution < -0.4 is 14.8 Å². The van der Waals surface area contributed by atoms with E-state index in [9.17, 15) is 13.4 Å². The Bertz CT molecular complexity index is 1520. The van der Waals surface area contributed by atoms with Gasteiger partial charge in [0.2, 0.25) is 5.13 Å². The van der Waals surface area contributed by atoms with Gasteiger partial charge < -0.3 is 9.47 Å². The van der Waals surface area contributed by atoms with Crippen molar-refractivity contribution in [2.24, 2.45) is 0 Å². The number of aromatic nitrogens is 3. The fourth-order valence-corrected chi connectivity index (χ4v) is 4.60. The molecule has 0 spiro atoms. The zero-order valence-electron chi connectivity index (χ0n) is 19.6. The van der Waals surface area contributed by atoms with E-state index in [-0.39, 0.29) is 28.1 Å². The van der Waals surface area contributed by atoms with E-state index in [1.165, 1.54) is 31.7 Å². The van der Waals surface area contributed by atoms with Gasteiger partial charge in [-0.05, 0) is 54.2 Å². The fraction of sp³-hybridized carbons (Fsp3) is 0.167. The lowest BCUT2D eigenvalue weighted by molar-refractivity contribution is 0.102. The number of nitrogens with one attached hydrogen (secondary N) is 2. The van der Waals surface area contributed by atoms with Gasteiger partial charge in [0.25, 0.3) is 11.1 Å². The number of methoxy groups -OCH3 is 1. The Hall–Kier alpha value is -3.90. The molecule has 2 aromatic heterocycles. The summed E-state index contributed by atoms with van der Waals surface area (Å²) in [6.07, 6.45) is 2.73. The molecule has 9 nitrogen and oxygen atoms in total. The molecule has 36 heavy (non-hydrogen) atoms. The Kier molecular flexibility index (Phi) is 7.27. The number of carbonyl (C=O) groups is 1. The minimum Gasteiger partial charge on any atom is -0.496 e. The highest BCUT2D eigenvalue weighted by molar-refractivity contribution is 7.91.